The zero-order valence-electron chi connectivity index (χ0n) is 14.3. The van der Waals surface area contributed by atoms with Crippen LogP contribution in [0.15, 0.2) is 76.5 Å². The van der Waals surface area contributed by atoms with E-state index in [-0.39, 0.29) is 20.9 Å². The van der Waals surface area contributed by atoms with Gasteiger partial charge in [-0.05, 0) is 42.0 Å². The summed E-state index contributed by atoms with van der Waals surface area (Å²) in [6.45, 7) is 0. The molecule has 0 aliphatic heterocycles. The monoisotopic (exact) mass is 400 g/mol. The van der Waals surface area contributed by atoms with Crippen LogP contribution in [0.1, 0.15) is 21.5 Å². The Kier molecular flexibility index (Phi) is 5.37. The lowest BCUT2D eigenvalue weighted by Crippen LogP contribution is -2.09. The van der Waals surface area contributed by atoms with E-state index in [1.54, 1.807) is 6.08 Å². The van der Waals surface area contributed by atoms with Gasteiger partial charge in [-0.15, -0.1) is 0 Å². The smallest absolute Gasteiger partial charge is 0.337 e. The second-order valence-electron chi connectivity index (χ2n) is 5.87. The molecule has 0 heterocycles. The average molecular weight is 400 g/mol. The van der Waals surface area contributed by atoms with Gasteiger partial charge < -0.3 is 5.11 Å². The van der Waals surface area contributed by atoms with Crippen molar-refractivity contribution >= 4 is 28.0 Å². The number of carboxylic acids is 1. The first-order valence-electron chi connectivity index (χ1n) is 8.09. The first-order valence-corrected chi connectivity index (χ1v) is 9.58. The SMILES string of the molecule is O=C(O)c1ccccc1S(=O)(=O)c1ccc(C=Cc2ccc(F)cc2F)cc1. The van der Waals surface area contributed by atoms with Crippen molar-refractivity contribution in [2.75, 3.05) is 0 Å². The standard InChI is InChI=1S/C21H14F2O4S/c22-16-10-9-15(19(23)13-16)8-5-14-6-11-17(12-7-14)28(26,27)20-4-2-1-3-18(20)21(24)25/h1-13H,(H,24,25). The minimum atomic E-state index is -4.02. The van der Waals surface area contributed by atoms with Gasteiger partial charge in [0.1, 0.15) is 11.6 Å². The Morgan fingerprint density at radius 1 is 0.893 bits per heavy atom. The summed E-state index contributed by atoms with van der Waals surface area (Å²) in [7, 11) is -4.02. The lowest BCUT2D eigenvalue weighted by Gasteiger charge is -2.08. The summed E-state index contributed by atoms with van der Waals surface area (Å²) in [5.74, 6) is -2.72. The number of carboxylic acid groups (broad SMARTS) is 1. The van der Waals surface area contributed by atoms with E-state index in [9.17, 15) is 27.1 Å². The zero-order valence-corrected chi connectivity index (χ0v) is 15.2. The fourth-order valence-corrected chi connectivity index (χ4v) is 4.04. The third-order valence-electron chi connectivity index (χ3n) is 4.02. The van der Waals surface area contributed by atoms with E-state index < -0.39 is 27.4 Å². The molecule has 0 aromatic heterocycles. The molecular formula is C21H14F2O4S. The van der Waals surface area contributed by atoms with Gasteiger partial charge in [0.05, 0.1) is 15.4 Å². The highest BCUT2D eigenvalue weighted by molar-refractivity contribution is 7.91. The molecule has 0 saturated heterocycles. The molecule has 1 N–H and O–H groups in total. The van der Waals surface area contributed by atoms with E-state index in [2.05, 4.69) is 0 Å². The van der Waals surface area contributed by atoms with Crippen molar-refractivity contribution in [1.82, 2.24) is 0 Å². The summed E-state index contributed by atoms with van der Waals surface area (Å²) in [5.41, 5.74) is 0.473. The second-order valence-corrected chi connectivity index (χ2v) is 7.79. The number of benzene rings is 3. The predicted molar refractivity (Wildman–Crippen MR) is 101 cm³/mol. The molecule has 3 aromatic carbocycles. The molecule has 4 nitrogen and oxygen atoms in total. The van der Waals surface area contributed by atoms with Gasteiger partial charge in [-0.2, -0.15) is 0 Å². The van der Waals surface area contributed by atoms with E-state index in [1.165, 1.54) is 60.7 Å². The topological polar surface area (TPSA) is 71.4 Å². The highest BCUT2D eigenvalue weighted by Gasteiger charge is 2.23. The molecule has 3 aromatic rings. The van der Waals surface area contributed by atoms with E-state index in [0.717, 1.165) is 12.1 Å². The highest BCUT2D eigenvalue weighted by Crippen LogP contribution is 2.25. The van der Waals surface area contributed by atoms with Crippen LogP contribution in [0.5, 0.6) is 0 Å². The maximum Gasteiger partial charge on any atom is 0.337 e. The molecule has 0 aliphatic carbocycles. The van der Waals surface area contributed by atoms with E-state index >= 15 is 0 Å². The van der Waals surface area contributed by atoms with Crippen LogP contribution in [0, 0.1) is 11.6 Å². The zero-order chi connectivity index (χ0) is 20.3. The molecule has 0 amide bonds. The molecule has 0 spiro atoms. The van der Waals surface area contributed by atoms with Crippen molar-refractivity contribution in [2.24, 2.45) is 0 Å². The van der Waals surface area contributed by atoms with Crippen molar-refractivity contribution in [2.45, 2.75) is 9.79 Å². The van der Waals surface area contributed by atoms with Gasteiger partial charge in [0, 0.05) is 11.6 Å². The second kappa shape index (κ2) is 7.74. The van der Waals surface area contributed by atoms with Gasteiger partial charge in [-0.25, -0.2) is 22.0 Å². The Morgan fingerprint density at radius 3 is 2.21 bits per heavy atom. The van der Waals surface area contributed by atoms with Crippen LogP contribution >= 0.6 is 0 Å². The van der Waals surface area contributed by atoms with Gasteiger partial charge >= 0.3 is 5.97 Å². The highest BCUT2D eigenvalue weighted by atomic mass is 32.2. The predicted octanol–water partition coefficient (Wildman–Crippen LogP) is 4.67. The van der Waals surface area contributed by atoms with Crippen LogP contribution in [0.25, 0.3) is 12.2 Å². The summed E-state index contributed by atoms with van der Waals surface area (Å²) < 4.78 is 52.1. The number of hydrogen-bond acceptors (Lipinski definition) is 3. The molecule has 3 rings (SSSR count). The van der Waals surface area contributed by atoms with Gasteiger partial charge in [-0.3, -0.25) is 0 Å². The number of hydrogen-bond donors (Lipinski definition) is 1. The van der Waals surface area contributed by atoms with Crippen molar-refractivity contribution in [3.05, 3.63) is 95.1 Å². The maximum absolute atomic E-state index is 13.6. The Morgan fingerprint density at radius 2 is 1.57 bits per heavy atom. The molecule has 0 aliphatic rings. The summed E-state index contributed by atoms with van der Waals surface area (Å²) >= 11 is 0. The van der Waals surface area contributed by atoms with E-state index in [1.807, 2.05) is 0 Å². The third-order valence-corrected chi connectivity index (χ3v) is 5.84. The number of sulfone groups is 1. The first-order chi connectivity index (χ1) is 13.3. The van der Waals surface area contributed by atoms with E-state index in [0.29, 0.717) is 5.56 Å². The largest absolute Gasteiger partial charge is 0.478 e. The Bertz CT molecular complexity index is 1170. The molecule has 7 heteroatoms. The summed E-state index contributed by atoms with van der Waals surface area (Å²) in [6.07, 6.45) is 3.00. The van der Waals surface area contributed by atoms with Crippen LogP contribution in [0.4, 0.5) is 8.78 Å². The minimum Gasteiger partial charge on any atom is -0.478 e. The quantitative estimate of drug-likeness (QED) is 0.632. The summed E-state index contributed by atoms with van der Waals surface area (Å²) in [4.78, 5) is 10.9. The summed E-state index contributed by atoms with van der Waals surface area (Å²) in [5, 5.41) is 9.21. The normalized spacial score (nSPS) is 11.6. The number of carbonyl (C=O) groups is 1. The number of rotatable bonds is 5. The molecule has 0 unspecified atom stereocenters. The fraction of sp³-hybridized carbons (Fsp3) is 0. The van der Waals surface area contributed by atoms with Gasteiger partial charge in [0.2, 0.25) is 9.84 Å². The lowest BCUT2D eigenvalue weighted by atomic mass is 10.1. The van der Waals surface area contributed by atoms with Gasteiger partial charge in [0.15, 0.2) is 0 Å². The van der Waals surface area contributed by atoms with Crippen LogP contribution in [0.3, 0.4) is 0 Å². The molecule has 0 saturated carbocycles. The van der Waals surface area contributed by atoms with Crippen molar-refractivity contribution in [3.8, 4) is 0 Å². The molecule has 0 bridgehead atoms. The lowest BCUT2D eigenvalue weighted by molar-refractivity contribution is 0.0692. The van der Waals surface area contributed by atoms with Crippen LogP contribution < -0.4 is 0 Å². The molecule has 0 fully saturated rings. The number of halogens is 2. The van der Waals surface area contributed by atoms with E-state index in [4.69, 9.17) is 0 Å². The Labute approximate surface area is 160 Å². The maximum atomic E-state index is 13.6. The molecule has 0 radical (unpaired) electrons. The summed E-state index contributed by atoms with van der Waals surface area (Å²) in [6, 6.07) is 14.3. The molecular weight excluding hydrogens is 386 g/mol. The van der Waals surface area contributed by atoms with Crippen molar-refractivity contribution in [3.63, 3.8) is 0 Å². The number of aromatic carboxylic acids is 1. The first kappa shape index (κ1) is 19.4. The van der Waals surface area contributed by atoms with Crippen LogP contribution in [0.2, 0.25) is 0 Å². The molecule has 0 atom stereocenters. The van der Waals surface area contributed by atoms with Gasteiger partial charge in [0.25, 0.3) is 0 Å². The van der Waals surface area contributed by atoms with Crippen molar-refractivity contribution in [1.29, 1.82) is 0 Å². The molecule has 142 valence electrons. The minimum absolute atomic E-state index is 0.0636. The van der Waals surface area contributed by atoms with Crippen LogP contribution in [-0.4, -0.2) is 19.5 Å². The Hall–Kier alpha value is -3.32. The van der Waals surface area contributed by atoms with Crippen LogP contribution in [-0.2, 0) is 9.84 Å². The van der Waals surface area contributed by atoms with Crippen molar-refractivity contribution < 1.29 is 27.1 Å². The Balaban J connectivity index is 1.90. The average Bonchev–Trinajstić information content (AvgIpc) is 2.67. The van der Waals surface area contributed by atoms with Gasteiger partial charge in [-0.1, -0.05) is 36.4 Å². The third kappa shape index (κ3) is 3.99. The molecule has 28 heavy (non-hydrogen) atoms. The fourth-order valence-electron chi connectivity index (χ4n) is 2.59.